The summed E-state index contributed by atoms with van der Waals surface area (Å²) in [6, 6.07) is 10.8. The average Bonchev–Trinajstić information content (AvgIpc) is 3.25. The van der Waals surface area contributed by atoms with Crippen molar-refractivity contribution in [3.63, 3.8) is 0 Å². The lowest BCUT2D eigenvalue weighted by atomic mass is 10.1. The number of anilines is 1. The van der Waals surface area contributed by atoms with Crippen molar-refractivity contribution in [3.05, 3.63) is 81.9 Å². The van der Waals surface area contributed by atoms with E-state index >= 15 is 0 Å². The highest BCUT2D eigenvalue weighted by Crippen LogP contribution is 2.16. The third kappa shape index (κ3) is 4.44. The van der Waals surface area contributed by atoms with Crippen LogP contribution in [0.1, 0.15) is 16.9 Å². The van der Waals surface area contributed by atoms with Crippen LogP contribution in [0.5, 0.6) is 0 Å². The van der Waals surface area contributed by atoms with E-state index in [0.29, 0.717) is 12.2 Å². The summed E-state index contributed by atoms with van der Waals surface area (Å²) < 4.78 is 6.66. The van der Waals surface area contributed by atoms with Gasteiger partial charge in [-0.2, -0.15) is 5.10 Å². The van der Waals surface area contributed by atoms with Gasteiger partial charge in [0.15, 0.2) is 0 Å². The minimum Gasteiger partial charge on any atom is -0.401 e. The number of nitrogens with one attached hydrogen (secondary N) is 1. The van der Waals surface area contributed by atoms with Crippen LogP contribution in [0.15, 0.2) is 59.3 Å². The lowest BCUT2D eigenvalue weighted by Crippen LogP contribution is -2.07. The molecule has 1 aromatic carbocycles. The molecule has 132 valence electrons. The number of amides is 1. The normalized spacial score (nSPS) is 11.0. The van der Waals surface area contributed by atoms with E-state index in [1.54, 1.807) is 17.1 Å². The van der Waals surface area contributed by atoms with Crippen LogP contribution in [0.25, 0.3) is 6.08 Å². The predicted octanol–water partition coefficient (Wildman–Crippen LogP) is 3.39. The van der Waals surface area contributed by atoms with E-state index in [9.17, 15) is 14.9 Å². The first-order valence-electron chi connectivity index (χ1n) is 7.81. The van der Waals surface area contributed by atoms with Gasteiger partial charge in [0, 0.05) is 12.3 Å². The molecule has 0 bridgehead atoms. The van der Waals surface area contributed by atoms with Crippen LogP contribution in [0, 0.1) is 17.0 Å². The molecule has 0 fully saturated rings. The number of hydrogen-bond donors (Lipinski definition) is 1. The van der Waals surface area contributed by atoms with Gasteiger partial charge in [-0.3, -0.25) is 19.6 Å². The Morgan fingerprint density at radius 2 is 2.08 bits per heavy atom. The summed E-state index contributed by atoms with van der Waals surface area (Å²) in [4.78, 5) is 21.8. The fourth-order valence-corrected chi connectivity index (χ4v) is 2.27. The van der Waals surface area contributed by atoms with Crippen molar-refractivity contribution in [1.29, 1.82) is 0 Å². The standard InChI is InChI=1S/C18H16N4O4/c1-13-2-4-14(5-3-13)11-21-12-15(10-19-21)20-17(23)8-6-16-7-9-18(26-16)22(24)25/h2-10,12H,11H2,1H3,(H,20,23)/b8-6+. The molecule has 0 radical (unpaired) electrons. The smallest absolute Gasteiger partial charge is 0.401 e. The number of furan rings is 1. The summed E-state index contributed by atoms with van der Waals surface area (Å²) in [5.41, 5.74) is 2.85. The molecule has 1 N–H and O–H groups in total. The molecule has 0 aliphatic rings. The summed E-state index contributed by atoms with van der Waals surface area (Å²) in [6.45, 7) is 2.63. The maximum Gasteiger partial charge on any atom is 0.433 e. The summed E-state index contributed by atoms with van der Waals surface area (Å²) in [5, 5.41) is 17.4. The van der Waals surface area contributed by atoms with Gasteiger partial charge >= 0.3 is 5.88 Å². The van der Waals surface area contributed by atoms with Crippen LogP contribution < -0.4 is 5.32 Å². The van der Waals surface area contributed by atoms with Crippen molar-refractivity contribution in [2.45, 2.75) is 13.5 Å². The minimum atomic E-state index is -0.639. The monoisotopic (exact) mass is 352 g/mol. The van der Waals surface area contributed by atoms with Crippen LogP contribution in [0.3, 0.4) is 0 Å². The molecular weight excluding hydrogens is 336 g/mol. The van der Waals surface area contributed by atoms with Gasteiger partial charge in [0.05, 0.1) is 24.5 Å². The van der Waals surface area contributed by atoms with Gasteiger partial charge in [0.2, 0.25) is 5.91 Å². The molecule has 3 aromatic rings. The van der Waals surface area contributed by atoms with Gasteiger partial charge in [-0.1, -0.05) is 29.8 Å². The number of rotatable bonds is 6. The Morgan fingerprint density at radius 3 is 2.77 bits per heavy atom. The largest absolute Gasteiger partial charge is 0.433 e. The van der Waals surface area contributed by atoms with Crippen molar-refractivity contribution < 1.29 is 14.1 Å². The Morgan fingerprint density at radius 1 is 1.31 bits per heavy atom. The third-order valence-electron chi connectivity index (χ3n) is 3.56. The zero-order valence-electron chi connectivity index (χ0n) is 14.0. The molecule has 0 spiro atoms. The third-order valence-corrected chi connectivity index (χ3v) is 3.56. The Bertz CT molecular complexity index is 954. The molecule has 8 nitrogen and oxygen atoms in total. The quantitative estimate of drug-likeness (QED) is 0.416. The van der Waals surface area contributed by atoms with E-state index in [2.05, 4.69) is 10.4 Å². The van der Waals surface area contributed by atoms with E-state index in [1.807, 2.05) is 31.2 Å². The molecule has 8 heteroatoms. The molecule has 1 amide bonds. The second kappa shape index (κ2) is 7.47. The Hall–Kier alpha value is -3.68. The number of carbonyl (C=O) groups excluding carboxylic acids is 1. The predicted molar refractivity (Wildman–Crippen MR) is 95.5 cm³/mol. The molecule has 0 saturated carbocycles. The SMILES string of the molecule is Cc1ccc(Cn2cc(NC(=O)/C=C/c3ccc([N+](=O)[O-])o3)cn2)cc1. The highest BCUT2D eigenvalue weighted by atomic mass is 16.6. The summed E-state index contributed by atoms with van der Waals surface area (Å²) >= 11 is 0. The van der Waals surface area contributed by atoms with E-state index in [0.717, 1.165) is 5.56 Å². The maximum absolute atomic E-state index is 11.9. The molecule has 0 unspecified atom stereocenters. The zero-order chi connectivity index (χ0) is 18.5. The van der Waals surface area contributed by atoms with Crippen molar-refractivity contribution in [3.8, 4) is 0 Å². The van der Waals surface area contributed by atoms with Crippen molar-refractivity contribution in [2.75, 3.05) is 5.32 Å². The van der Waals surface area contributed by atoms with Gasteiger partial charge in [0.1, 0.15) is 10.7 Å². The Kier molecular flexibility index (Phi) is 4.93. The van der Waals surface area contributed by atoms with E-state index in [4.69, 9.17) is 4.42 Å². The van der Waals surface area contributed by atoms with Crippen molar-refractivity contribution >= 4 is 23.6 Å². The highest BCUT2D eigenvalue weighted by molar-refractivity contribution is 6.01. The van der Waals surface area contributed by atoms with Gasteiger partial charge < -0.3 is 9.73 Å². The second-order valence-electron chi connectivity index (χ2n) is 5.67. The Balaban J connectivity index is 1.57. The molecule has 26 heavy (non-hydrogen) atoms. The first-order chi connectivity index (χ1) is 12.5. The summed E-state index contributed by atoms with van der Waals surface area (Å²) in [6.07, 6.45) is 5.87. The zero-order valence-corrected chi connectivity index (χ0v) is 14.0. The number of aromatic nitrogens is 2. The molecule has 0 aliphatic heterocycles. The lowest BCUT2D eigenvalue weighted by molar-refractivity contribution is -0.402. The van der Waals surface area contributed by atoms with E-state index in [-0.39, 0.29) is 17.6 Å². The number of carbonyl (C=O) groups is 1. The molecule has 0 aliphatic carbocycles. The van der Waals surface area contributed by atoms with Crippen LogP contribution in [-0.2, 0) is 11.3 Å². The Labute approximate surface area is 148 Å². The highest BCUT2D eigenvalue weighted by Gasteiger charge is 2.10. The number of nitrogens with zero attached hydrogens (tertiary/aromatic N) is 3. The number of benzene rings is 1. The fraction of sp³-hybridized carbons (Fsp3) is 0.111. The van der Waals surface area contributed by atoms with E-state index in [1.165, 1.54) is 29.8 Å². The van der Waals surface area contributed by atoms with Gasteiger partial charge in [0.25, 0.3) is 0 Å². The van der Waals surface area contributed by atoms with Crippen LogP contribution in [0.4, 0.5) is 11.6 Å². The van der Waals surface area contributed by atoms with Gasteiger partial charge in [-0.15, -0.1) is 0 Å². The second-order valence-corrected chi connectivity index (χ2v) is 5.67. The topological polar surface area (TPSA) is 103 Å². The molecule has 0 atom stereocenters. The van der Waals surface area contributed by atoms with Crippen molar-refractivity contribution in [2.24, 2.45) is 0 Å². The molecule has 3 rings (SSSR count). The molecule has 2 heterocycles. The fourth-order valence-electron chi connectivity index (χ4n) is 2.27. The van der Waals surface area contributed by atoms with E-state index < -0.39 is 4.92 Å². The lowest BCUT2D eigenvalue weighted by Gasteiger charge is -2.02. The maximum atomic E-state index is 11.9. The minimum absolute atomic E-state index is 0.224. The van der Waals surface area contributed by atoms with Crippen LogP contribution in [-0.4, -0.2) is 20.6 Å². The first kappa shape index (κ1) is 17.2. The average molecular weight is 352 g/mol. The molecular formula is C18H16N4O4. The first-order valence-corrected chi connectivity index (χ1v) is 7.81. The van der Waals surface area contributed by atoms with Crippen LogP contribution >= 0.6 is 0 Å². The summed E-state index contributed by atoms with van der Waals surface area (Å²) in [7, 11) is 0. The number of hydrogen-bond acceptors (Lipinski definition) is 5. The van der Waals surface area contributed by atoms with Gasteiger partial charge in [-0.25, -0.2) is 0 Å². The number of aryl methyl sites for hydroxylation is 1. The van der Waals surface area contributed by atoms with Gasteiger partial charge in [-0.05, 0) is 24.6 Å². The molecule has 2 aromatic heterocycles. The number of nitro groups is 1. The van der Waals surface area contributed by atoms with Crippen molar-refractivity contribution in [1.82, 2.24) is 9.78 Å². The summed E-state index contributed by atoms with van der Waals surface area (Å²) in [5.74, 6) is -0.539. The van der Waals surface area contributed by atoms with Crippen LogP contribution in [0.2, 0.25) is 0 Å². The molecule has 0 saturated heterocycles.